The second-order valence-corrected chi connectivity index (χ2v) is 7.84. The third-order valence-electron chi connectivity index (χ3n) is 4.25. The molecule has 1 atom stereocenters. The van der Waals surface area contributed by atoms with Crippen LogP contribution in [0.15, 0.2) is 42.7 Å². The lowest BCUT2D eigenvalue weighted by Crippen LogP contribution is -2.31. The van der Waals surface area contributed by atoms with Gasteiger partial charge in [0, 0.05) is 24.9 Å². The van der Waals surface area contributed by atoms with Crippen LogP contribution in [0.1, 0.15) is 36.1 Å². The van der Waals surface area contributed by atoms with E-state index in [1.54, 1.807) is 12.4 Å². The molecule has 24 heavy (non-hydrogen) atoms. The van der Waals surface area contributed by atoms with Crippen LogP contribution in [0.25, 0.3) is 0 Å². The molecule has 3 rings (SSSR count). The van der Waals surface area contributed by atoms with Gasteiger partial charge in [-0.15, -0.1) is 0 Å². The number of aromatic nitrogens is 1. The van der Waals surface area contributed by atoms with Crippen molar-refractivity contribution in [1.29, 1.82) is 0 Å². The van der Waals surface area contributed by atoms with Crippen LogP contribution in [0, 0.1) is 0 Å². The SMILES string of the molecule is CC[C@@H](NS(=O)(=O)CCc1ccc2c(c1)CCO2)c1ccncc1. The lowest BCUT2D eigenvalue weighted by atomic mass is 10.1. The van der Waals surface area contributed by atoms with Gasteiger partial charge in [0.2, 0.25) is 10.0 Å². The number of fused-ring (bicyclic) bond motifs is 1. The fourth-order valence-corrected chi connectivity index (χ4v) is 4.26. The number of nitrogens with zero attached hydrogens (tertiary/aromatic N) is 1. The number of hydrogen-bond acceptors (Lipinski definition) is 4. The van der Waals surface area contributed by atoms with Crippen LogP contribution in [0.4, 0.5) is 0 Å². The average Bonchev–Trinajstić information content (AvgIpc) is 3.06. The molecule has 0 fully saturated rings. The smallest absolute Gasteiger partial charge is 0.212 e. The third kappa shape index (κ3) is 4.13. The Balaban J connectivity index is 1.63. The summed E-state index contributed by atoms with van der Waals surface area (Å²) < 4.78 is 33.1. The number of aryl methyl sites for hydroxylation is 1. The summed E-state index contributed by atoms with van der Waals surface area (Å²) in [7, 11) is -3.35. The third-order valence-corrected chi connectivity index (χ3v) is 5.64. The zero-order chi connectivity index (χ0) is 17.0. The van der Waals surface area contributed by atoms with Gasteiger partial charge in [0.25, 0.3) is 0 Å². The molecular formula is C18H22N2O3S. The second kappa shape index (κ2) is 7.32. The van der Waals surface area contributed by atoms with Crippen molar-refractivity contribution >= 4 is 10.0 Å². The molecule has 1 aromatic heterocycles. The molecule has 1 aromatic carbocycles. The van der Waals surface area contributed by atoms with E-state index >= 15 is 0 Å². The van der Waals surface area contributed by atoms with Crippen LogP contribution in [0.3, 0.4) is 0 Å². The number of ether oxygens (including phenoxy) is 1. The average molecular weight is 346 g/mol. The van der Waals surface area contributed by atoms with E-state index in [9.17, 15) is 8.42 Å². The Bertz CT molecular complexity index is 791. The van der Waals surface area contributed by atoms with Crippen molar-refractivity contribution in [3.8, 4) is 5.75 Å². The summed E-state index contributed by atoms with van der Waals surface area (Å²) in [6.45, 7) is 2.68. The highest BCUT2D eigenvalue weighted by Gasteiger charge is 2.19. The minimum Gasteiger partial charge on any atom is -0.493 e. The Hall–Kier alpha value is -1.92. The van der Waals surface area contributed by atoms with Crippen molar-refractivity contribution in [3.63, 3.8) is 0 Å². The number of rotatable bonds is 7. The quantitative estimate of drug-likeness (QED) is 0.837. The molecule has 2 heterocycles. The van der Waals surface area contributed by atoms with E-state index in [1.807, 2.05) is 31.2 Å². The summed E-state index contributed by atoms with van der Waals surface area (Å²) in [5, 5.41) is 0. The Labute approximate surface area is 143 Å². The maximum Gasteiger partial charge on any atom is 0.212 e. The van der Waals surface area contributed by atoms with Gasteiger partial charge in [0.05, 0.1) is 12.4 Å². The van der Waals surface area contributed by atoms with Crippen LogP contribution >= 0.6 is 0 Å². The first kappa shape index (κ1) is 16.9. The topological polar surface area (TPSA) is 68.3 Å². The lowest BCUT2D eigenvalue weighted by Gasteiger charge is -2.17. The van der Waals surface area contributed by atoms with Crippen LogP contribution in [0.2, 0.25) is 0 Å². The molecule has 0 unspecified atom stereocenters. The maximum atomic E-state index is 12.4. The largest absolute Gasteiger partial charge is 0.493 e. The zero-order valence-corrected chi connectivity index (χ0v) is 14.6. The molecule has 0 saturated carbocycles. The van der Waals surface area contributed by atoms with Crippen LogP contribution in [-0.2, 0) is 22.9 Å². The monoisotopic (exact) mass is 346 g/mol. The summed E-state index contributed by atoms with van der Waals surface area (Å²) in [6.07, 6.45) is 5.45. The van der Waals surface area contributed by atoms with Crippen LogP contribution < -0.4 is 9.46 Å². The predicted molar refractivity (Wildman–Crippen MR) is 93.5 cm³/mol. The lowest BCUT2D eigenvalue weighted by molar-refractivity contribution is 0.357. The number of benzene rings is 1. The highest BCUT2D eigenvalue weighted by molar-refractivity contribution is 7.89. The van der Waals surface area contributed by atoms with Gasteiger partial charge in [-0.3, -0.25) is 4.98 Å². The van der Waals surface area contributed by atoms with Crippen molar-refractivity contribution in [2.24, 2.45) is 0 Å². The fourth-order valence-electron chi connectivity index (χ4n) is 2.91. The molecule has 6 heteroatoms. The van der Waals surface area contributed by atoms with Crippen molar-refractivity contribution in [3.05, 3.63) is 59.4 Å². The number of hydrogen-bond donors (Lipinski definition) is 1. The molecular weight excluding hydrogens is 324 g/mol. The first-order chi connectivity index (χ1) is 11.6. The predicted octanol–water partition coefficient (Wildman–Crippen LogP) is 2.63. The molecule has 0 radical (unpaired) electrons. The number of pyridine rings is 1. The highest BCUT2D eigenvalue weighted by Crippen LogP contribution is 2.26. The first-order valence-corrected chi connectivity index (χ1v) is 9.87. The van der Waals surface area contributed by atoms with Crippen molar-refractivity contribution < 1.29 is 13.2 Å². The molecule has 0 spiro atoms. The minimum absolute atomic E-state index is 0.0776. The van der Waals surface area contributed by atoms with Crippen LogP contribution in [0.5, 0.6) is 5.75 Å². The molecule has 0 aliphatic carbocycles. The first-order valence-electron chi connectivity index (χ1n) is 8.22. The van der Waals surface area contributed by atoms with E-state index < -0.39 is 10.0 Å². The summed E-state index contributed by atoms with van der Waals surface area (Å²) in [5.41, 5.74) is 3.13. The van der Waals surface area contributed by atoms with Gasteiger partial charge in [0.15, 0.2) is 0 Å². The summed E-state index contributed by atoms with van der Waals surface area (Å²) in [5.74, 6) is 0.997. The standard InChI is InChI=1S/C18H22N2O3S/c1-2-17(15-5-9-19-10-6-15)20-24(21,22)12-8-14-3-4-18-16(13-14)7-11-23-18/h3-6,9-10,13,17,20H,2,7-8,11-12H2,1H3/t17-/m1/s1. The fraction of sp³-hybridized carbons (Fsp3) is 0.389. The van der Waals surface area contributed by atoms with Gasteiger partial charge in [-0.25, -0.2) is 13.1 Å². The minimum atomic E-state index is -3.35. The van der Waals surface area contributed by atoms with E-state index in [0.29, 0.717) is 19.4 Å². The molecule has 0 bridgehead atoms. The highest BCUT2D eigenvalue weighted by atomic mass is 32.2. The number of nitrogens with one attached hydrogen (secondary N) is 1. The van der Waals surface area contributed by atoms with Gasteiger partial charge in [-0.2, -0.15) is 0 Å². The van der Waals surface area contributed by atoms with E-state index in [1.165, 1.54) is 5.56 Å². The van der Waals surface area contributed by atoms with E-state index in [0.717, 1.165) is 23.3 Å². The Kier molecular flexibility index (Phi) is 5.16. The Morgan fingerprint density at radius 3 is 2.79 bits per heavy atom. The zero-order valence-electron chi connectivity index (χ0n) is 13.7. The molecule has 1 aliphatic heterocycles. The van der Waals surface area contributed by atoms with E-state index in [-0.39, 0.29) is 11.8 Å². The summed E-state index contributed by atoms with van der Waals surface area (Å²) in [4.78, 5) is 3.98. The molecule has 5 nitrogen and oxygen atoms in total. The molecule has 0 amide bonds. The van der Waals surface area contributed by atoms with Gasteiger partial charge in [0.1, 0.15) is 5.75 Å². The Morgan fingerprint density at radius 1 is 1.25 bits per heavy atom. The second-order valence-electron chi connectivity index (χ2n) is 5.97. The number of sulfonamides is 1. The van der Waals surface area contributed by atoms with E-state index in [4.69, 9.17) is 4.74 Å². The van der Waals surface area contributed by atoms with Crippen molar-refractivity contribution in [2.45, 2.75) is 32.2 Å². The molecule has 2 aromatic rings. The summed E-state index contributed by atoms with van der Waals surface area (Å²) >= 11 is 0. The van der Waals surface area contributed by atoms with Gasteiger partial charge in [-0.1, -0.05) is 19.1 Å². The van der Waals surface area contributed by atoms with Gasteiger partial charge < -0.3 is 4.74 Å². The molecule has 0 saturated heterocycles. The summed E-state index contributed by atoms with van der Waals surface area (Å²) in [6, 6.07) is 9.40. The van der Waals surface area contributed by atoms with Crippen molar-refractivity contribution in [1.82, 2.24) is 9.71 Å². The normalized spacial score (nSPS) is 14.9. The van der Waals surface area contributed by atoms with Gasteiger partial charge in [-0.05, 0) is 47.7 Å². The van der Waals surface area contributed by atoms with Gasteiger partial charge >= 0.3 is 0 Å². The molecule has 128 valence electrons. The van der Waals surface area contributed by atoms with Crippen LogP contribution in [-0.4, -0.2) is 25.8 Å². The Morgan fingerprint density at radius 2 is 2.04 bits per heavy atom. The van der Waals surface area contributed by atoms with Crippen molar-refractivity contribution in [2.75, 3.05) is 12.4 Å². The molecule has 1 N–H and O–H groups in total. The molecule has 1 aliphatic rings. The van der Waals surface area contributed by atoms with E-state index in [2.05, 4.69) is 15.8 Å². The maximum absolute atomic E-state index is 12.4.